The fourth-order valence-electron chi connectivity index (χ4n) is 3.52. The van der Waals surface area contributed by atoms with Crippen molar-refractivity contribution in [3.8, 4) is 5.75 Å². The molecule has 1 amide bonds. The SMILES string of the molecule is Cc1cc(C)c(CN2CCc3ccc(OC(C)CCO)c(Cl)c3C2=O)c(=O)[nH]1. The van der Waals surface area contributed by atoms with Crippen LogP contribution in [0.25, 0.3) is 0 Å². The largest absolute Gasteiger partial charge is 0.489 e. The van der Waals surface area contributed by atoms with E-state index in [1.165, 1.54) is 0 Å². The molecule has 28 heavy (non-hydrogen) atoms. The molecule has 1 aromatic carbocycles. The van der Waals surface area contributed by atoms with E-state index < -0.39 is 0 Å². The van der Waals surface area contributed by atoms with Crippen LogP contribution in [0, 0.1) is 13.8 Å². The molecular formula is C21H25ClN2O4. The van der Waals surface area contributed by atoms with Crippen molar-refractivity contribution in [3.63, 3.8) is 0 Å². The summed E-state index contributed by atoms with van der Waals surface area (Å²) in [5.74, 6) is 0.229. The summed E-state index contributed by atoms with van der Waals surface area (Å²) in [5.41, 5.74) is 3.38. The van der Waals surface area contributed by atoms with E-state index >= 15 is 0 Å². The Bertz CT molecular complexity index is 954. The zero-order valence-corrected chi connectivity index (χ0v) is 17.1. The molecule has 1 aliphatic rings. The second kappa shape index (κ2) is 8.37. The highest BCUT2D eigenvalue weighted by Gasteiger charge is 2.29. The summed E-state index contributed by atoms with van der Waals surface area (Å²) in [7, 11) is 0. The van der Waals surface area contributed by atoms with Crippen molar-refractivity contribution in [3.05, 3.63) is 61.5 Å². The van der Waals surface area contributed by atoms with Crippen LogP contribution in [0.2, 0.25) is 5.02 Å². The van der Waals surface area contributed by atoms with Crippen LogP contribution < -0.4 is 10.3 Å². The summed E-state index contributed by atoms with van der Waals surface area (Å²) in [6, 6.07) is 5.54. The number of aromatic amines is 1. The number of aliphatic hydroxyl groups is 1. The summed E-state index contributed by atoms with van der Waals surface area (Å²) in [6.07, 6.45) is 0.920. The van der Waals surface area contributed by atoms with E-state index in [2.05, 4.69) is 4.98 Å². The van der Waals surface area contributed by atoms with Crippen LogP contribution in [0.5, 0.6) is 5.75 Å². The van der Waals surface area contributed by atoms with Gasteiger partial charge < -0.3 is 19.7 Å². The topological polar surface area (TPSA) is 82.6 Å². The van der Waals surface area contributed by atoms with Crippen LogP contribution in [-0.2, 0) is 13.0 Å². The van der Waals surface area contributed by atoms with Crippen molar-refractivity contribution in [2.45, 2.75) is 46.3 Å². The van der Waals surface area contributed by atoms with E-state index in [0.29, 0.717) is 36.3 Å². The van der Waals surface area contributed by atoms with Gasteiger partial charge in [0.15, 0.2) is 0 Å². The normalized spacial score (nSPS) is 14.8. The average molecular weight is 405 g/mol. The lowest BCUT2D eigenvalue weighted by molar-refractivity contribution is 0.0725. The number of hydrogen-bond donors (Lipinski definition) is 2. The summed E-state index contributed by atoms with van der Waals surface area (Å²) in [5, 5.41) is 9.34. The number of amides is 1. The molecule has 2 aromatic rings. The third kappa shape index (κ3) is 4.08. The first-order chi connectivity index (χ1) is 13.3. The van der Waals surface area contributed by atoms with Crippen LogP contribution in [0.3, 0.4) is 0 Å². The molecule has 1 atom stereocenters. The smallest absolute Gasteiger partial charge is 0.256 e. The van der Waals surface area contributed by atoms with Gasteiger partial charge in [0, 0.05) is 30.8 Å². The number of nitrogens with zero attached hydrogens (tertiary/aromatic N) is 1. The first kappa shape index (κ1) is 20.4. The van der Waals surface area contributed by atoms with Crippen molar-refractivity contribution in [1.29, 1.82) is 0 Å². The number of hydrogen-bond acceptors (Lipinski definition) is 4. The number of aromatic nitrogens is 1. The fourth-order valence-corrected chi connectivity index (χ4v) is 3.83. The number of aryl methyl sites for hydroxylation is 2. The van der Waals surface area contributed by atoms with Gasteiger partial charge in [-0.25, -0.2) is 0 Å². The van der Waals surface area contributed by atoms with E-state index in [-0.39, 0.29) is 35.7 Å². The van der Waals surface area contributed by atoms with Gasteiger partial charge in [-0.3, -0.25) is 9.59 Å². The lowest BCUT2D eigenvalue weighted by Gasteiger charge is -2.30. The molecule has 150 valence electrons. The van der Waals surface area contributed by atoms with Crippen molar-refractivity contribution >= 4 is 17.5 Å². The molecule has 1 aromatic heterocycles. The Kier molecular flexibility index (Phi) is 6.10. The lowest BCUT2D eigenvalue weighted by Crippen LogP contribution is -2.39. The Balaban J connectivity index is 1.89. The molecule has 0 saturated heterocycles. The van der Waals surface area contributed by atoms with Crippen LogP contribution in [-0.4, -0.2) is 40.2 Å². The van der Waals surface area contributed by atoms with Gasteiger partial charge in [-0.15, -0.1) is 0 Å². The summed E-state index contributed by atoms with van der Waals surface area (Å²) in [6.45, 7) is 6.33. The number of halogens is 1. The molecule has 0 saturated carbocycles. The van der Waals surface area contributed by atoms with E-state index in [1.54, 1.807) is 11.0 Å². The Morgan fingerprint density at radius 3 is 2.75 bits per heavy atom. The van der Waals surface area contributed by atoms with Gasteiger partial charge in [0.2, 0.25) is 0 Å². The number of fused-ring (bicyclic) bond motifs is 1. The van der Waals surface area contributed by atoms with Gasteiger partial charge in [0.25, 0.3) is 11.5 Å². The molecule has 1 unspecified atom stereocenters. The van der Waals surface area contributed by atoms with Gasteiger partial charge in [0.05, 0.1) is 23.2 Å². The molecule has 1 aliphatic heterocycles. The van der Waals surface area contributed by atoms with Crippen molar-refractivity contribution in [2.24, 2.45) is 0 Å². The van der Waals surface area contributed by atoms with E-state index in [9.17, 15) is 9.59 Å². The number of aliphatic hydroxyl groups excluding tert-OH is 1. The summed E-state index contributed by atoms with van der Waals surface area (Å²) in [4.78, 5) is 29.9. The summed E-state index contributed by atoms with van der Waals surface area (Å²) < 4.78 is 5.79. The second-order valence-corrected chi connectivity index (χ2v) is 7.65. The van der Waals surface area contributed by atoms with Crippen molar-refractivity contribution < 1.29 is 14.6 Å². The summed E-state index contributed by atoms with van der Waals surface area (Å²) >= 11 is 6.51. The highest BCUT2D eigenvalue weighted by molar-refractivity contribution is 6.35. The molecular weight excluding hydrogens is 380 g/mol. The third-order valence-corrected chi connectivity index (χ3v) is 5.43. The molecule has 0 bridgehead atoms. The Labute approximate surface area is 169 Å². The standard InChI is InChI=1S/C21H25ClN2O4/c1-12-10-13(2)23-20(26)16(12)11-24-8-6-15-4-5-17(28-14(3)7-9-25)19(22)18(15)21(24)27/h4-5,10,14,25H,6-9,11H2,1-3H3,(H,23,26). The van der Waals surface area contributed by atoms with Gasteiger partial charge in [-0.1, -0.05) is 17.7 Å². The van der Waals surface area contributed by atoms with E-state index in [1.807, 2.05) is 32.9 Å². The Hall–Kier alpha value is -2.31. The third-order valence-electron chi connectivity index (χ3n) is 5.05. The lowest BCUT2D eigenvalue weighted by atomic mass is 9.97. The maximum absolute atomic E-state index is 13.1. The maximum Gasteiger partial charge on any atom is 0.256 e. The molecule has 0 spiro atoms. The number of carbonyl (C=O) groups excluding carboxylic acids is 1. The number of carbonyl (C=O) groups is 1. The average Bonchev–Trinajstić information content (AvgIpc) is 2.62. The number of benzene rings is 1. The first-order valence-electron chi connectivity index (χ1n) is 9.39. The van der Waals surface area contributed by atoms with Crippen LogP contribution >= 0.6 is 11.6 Å². The van der Waals surface area contributed by atoms with E-state index in [4.69, 9.17) is 21.4 Å². The second-order valence-electron chi connectivity index (χ2n) is 7.27. The predicted molar refractivity (Wildman–Crippen MR) is 108 cm³/mol. The molecule has 2 N–H and O–H groups in total. The first-order valence-corrected chi connectivity index (χ1v) is 9.77. The molecule has 0 radical (unpaired) electrons. The minimum absolute atomic E-state index is 0.0148. The van der Waals surface area contributed by atoms with Crippen molar-refractivity contribution in [2.75, 3.05) is 13.2 Å². The van der Waals surface area contributed by atoms with Crippen LogP contribution in [0.1, 0.15) is 46.1 Å². The van der Waals surface area contributed by atoms with Crippen LogP contribution in [0.4, 0.5) is 0 Å². The number of nitrogens with one attached hydrogen (secondary N) is 1. The minimum atomic E-state index is -0.218. The Morgan fingerprint density at radius 2 is 2.07 bits per heavy atom. The molecule has 3 rings (SSSR count). The predicted octanol–water partition coefficient (Wildman–Crippen LogP) is 2.99. The van der Waals surface area contributed by atoms with Crippen molar-refractivity contribution in [1.82, 2.24) is 9.88 Å². The number of H-pyrrole nitrogens is 1. The van der Waals surface area contributed by atoms with E-state index in [0.717, 1.165) is 16.8 Å². The molecule has 0 aliphatic carbocycles. The molecule has 2 heterocycles. The number of pyridine rings is 1. The van der Waals surface area contributed by atoms with Gasteiger partial charge in [0.1, 0.15) is 5.75 Å². The fraction of sp³-hybridized carbons (Fsp3) is 0.429. The van der Waals surface area contributed by atoms with Gasteiger partial charge >= 0.3 is 0 Å². The molecule has 0 fully saturated rings. The highest BCUT2D eigenvalue weighted by atomic mass is 35.5. The number of rotatable bonds is 6. The van der Waals surface area contributed by atoms with Crippen LogP contribution in [0.15, 0.2) is 23.0 Å². The highest BCUT2D eigenvalue weighted by Crippen LogP contribution is 2.35. The minimum Gasteiger partial charge on any atom is -0.489 e. The van der Waals surface area contributed by atoms with Gasteiger partial charge in [-0.05, 0) is 50.5 Å². The zero-order valence-electron chi connectivity index (χ0n) is 16.3. The Morgan fingerprint density at radius 1 is 1.32 bits per heavy atom. The maximum atomic E-state index is 13.1. The number of ether oxygens (including phenoxy) is 1. The quantitative estimate of drug-likeness (QED) is 0.775. The molecule has 6 nitrogen and oxygen atoms in total. The zero-order chi connectivity index (χ0) is 20.4. The van der Waals surface area contributed by atoms with Gasteiger partial charge in [-0.2, -0.15) is 0 Å². The molecule has 7 heteroatoms. The monoisotopic (exact) mass is 404 g/mol.